The third kappa shape index (κ3) is 3.17. The van der Waals surface area contributed by atoms with Gasteiger partial charge < -0.3 is 4.90 Å². The molecule has 2 rings (SSSR count). The molecule has 1 radical (unpaired) electrons. The van der Waals surface area contributed by atoms with Crippen molar-refractivity contribution in [3.05, 3.63) is 23.9 Å². The Hall–Kier alpha value is -1.62. The zero-order valence-electron chi connectivity index (χ0n) is 10.0. The van der Waals surface area contributed by atoms with Crippen LogP contribution in [0.1, 0.15) is 12.5 Å². The fourth-order valence-corrected chi connectivity index (χ4v) is 2.00. The maximum absolute atomic E-state index is 11.2. The number of nitrogens with zero attached hydrogens (tertiary/aromatic N) is 3. The molecule has 1 saturated heterocycles. The highest BCUT2D eigenvalue weighted by Crippen LogP contribution is 2.09. The van der Waals surface area contributed by atoms with E-state index in [4.69, 9.17) is 5.73 Å². The number of carbonyl (C=O) groups excluding carboxylic acids is 1. The minimum atomic E-state index is 0.157. The van der Waals surface area contributed by atoms with Crippen LogP contribution >= 0.6 is 0 Å². The molecule has 0 aliphatic carbocycles. The summed E-state index contributed by atoms with van der Waals surface area (Å²) in [6.07, 6.45) is 1.75. The first-order valence-corrected chi connectivity index (χ1v) is 5.79. The van der Waals surface area contributed by atoms with E-state index in [1.807, 2.05) is 11.0 Å². The van der Waals surface area contributed by atoms with Crippen LogP contribution in [0.5, 0.6) is 0 Å². The summed E-state index contributed by atoms with van der Waals surface area (Å²) >= 11 is 0. The lowest BCUT2D eigenvalue weighted by atomic mass is 10.2. The minimum Gasteiger partial charge on any atom is -0.340 e. The number of amides is 1. The molecule has 0 atom stereocenters. The lowest BCUT2D eigenvalue weighted by Crippen LogP contribution is -2.47. The lowest BCUT2D eigenvalue weighted by Gasteiger charge is -2.34. The van der Waals surface area contributed by atoms with Gasteiger partial charge in [0.25, 0.3) is 0 Å². The molecule has 0 saturated carbocycles. The van der Waals surface area contributed by atoms with E-state index in [2.05, 4.69) is 9.88 Å². The van der Waals surface area contributed by atoms with Crippen molar-refractivity contribution < 1.29 is 4.79 Å². The van der Waals surface area contributed by atoms with Crippen LogP contribution in [0.15, 0.2) is 18.3 Å². The van der Waals surface area contributed by atoms with E-state index in [9.17, 15) is 4.79 Å². The van der Waals surface area contributed by atoms with Crippen LogP contribution in [0.3, 0.4) is 0 Å². The van der Waals surface area contributed by atoms with Gasteiger partial charge in [-0.3, -0.25) is 15.4 Å². The number of carbonyl (C=O) groups is 1. The van der Waals surface area contributed by atoms with E-state index in [-0.39, 0.29) is 5.91 Å². The number of piperazine rings is 1. The van der Waals surface area contributed by atoms with Crippen molar-refractivity contribution in [1.82, 2.24) is 20.5 Å². The van der Waals surface area contributed by atoms with E-state index < -0.39 is 0 Å². The van der Waals surface area contributed by atoms with E-state index in [1.165, 1.54) is 0 Å². The number of rotatable bonds is 2. The molecule has 0 spiro atoms. The standard InChI is InChI=1S/C12H17N4O/c1-10(17)16-6-4-15(5-7-16)9-11-2-3-12(13)14-8-11/h2-3,8,13H,4-7,9H2,1H3. The predicted molar refractivity (Wildman–Crippen MR) is 64.5 cm³/mol. The first-order valence-electron chi connectivity index (χ1n) is 5.79. The van der Waals surface area contributed by atoms with Gasteiger partial charge in [-0.25, -0.2) is 4.98 Å². The van der Waals surface area contributed by atoms with Crippen molar-refractivity contribution in [1.29, 1.82) is 0 Å². The summed E-state index contributed by atoms with van der Waals surface area (Å²) in [6.45, 7) is 5.88. The van der Waals surface area contributed by atoms with Crippen LogP contribution in [0, 0.1) is 0 Å². The van der Waals surface area contributed by atoms with Gasteiger partial charge in [0.1, 0.15) is 5.82 Å². The number of pyridine rings is 1. The average Bonchev–Trinajstić information content (AvgIpc) is 2.33. The topological polar surface area (TPSA) is 60.2 Å². The molecular weight excluding hydrogens is 216 g/mol. The van der Waals surface area contributed by atoms with Gasteiger partial charge in [0.15, 0.2) is 0 Å². The van der Waals surface area contributed by atoms with Gasteiger partial charge in [-0.2, -0.15) is 0 Å². The Kier molecular flexibility index (Phi) is 3.58. The molecular formula is C12H17N4O. The summed E-state index contributed by atoms with van der Waals surface area (Å²) in [5.41, 5.74) is 8.44. The molecule has 1 N–H and O–H groups in total. The number of aromatic nitrogens is 1. The first-order chi connectivity index (χ1) is 8.15. The van der Waals surface area contributed by atoms with Gasteiger partial charge in [0.05, 0.1) is 0 Å². The molecule has 5 heteroatoms. The summed E-state index contributed by atoms with van der Waals surface area (Å²) in [4.78, 5) is 19.3. The van der Waals surface area contributed by atoms with E-state index in [1.54, 1.807) is 19.2 Å². The molecule has 0 aromatic carbocycles. The second-order valence-electron chi connectivity index (χ2n) is 4.33. The zero-order chi connectivity index (χ0) is 12.3. The van der Waals surface area contributed by atoms with Crippen LogP contribution in [0.25, 0.3) is 0 Å². The van der Waals surface area contributed by atoms with Gasteiger partial charge in [0, 0.05) is 45.8 Å². The molecule has 91 valence electrons. The van der Waals surface area contributed by atoms with Crippen molar-refractivity contribution in [3.8, 4) is 0 Å². The third-order valence-electron chi connectivity index (χ3n) is 3.05. The molecule has 5 nitrogen and oxygen atoms in total. The molecule has 17 heavy (non-hydrogen) atoms. The molecule has 1 aromatic heterocycles. The highest BCUT2D eigenvalue weighted by Gasteiger charge is 2.18. The number of hydrogen-bond donors (Lipinski definition) is 0. The monoisotopic (exact) mass is 233 g/mol. The van der Waals surface area contributed by atoms with Gasteiger partial charge in [0.2, 0.25) is 5.91 Å². The van der Waals surface area contributed by atoms with Crippen LogP contribution in [-0.4, -0.2) is 46.9 Å². The first kappa shape index (κ1) is 11.9. The predicted octanol–water partition coefficient (Wildman–Crippen LogP) is 0.660. The van der Waals surface area contributed by atoms with Crippen LogP contribution in [0.4, 0.5) is 5.82 Å². The molecule has 1 aliphatic rings. The van der Waals surface area contributed by atoms with E-state index >= 15 is 0 Å². The Morgan fingerprint density at radius 1 is 1.35 bits per heavy atom. The summed E-state index contributed by atoms with van der Waals surface area (Å²) < 4.78 is 0. The highest BCUT2D eigenvalue weighted by atomic mass is 16.2. The maximum atomic E-state index is 11.2. The second-order valence-corrected chi connectivity index (χ2v) is 4.33. The second kappa shape index (κ2) is 5.14. The van der Waals surface area contributed by atoms with Gasteiger partial charge in [-0.15, -0.1) is 0 Å². The zero-order valence-corrected chi connectivity index (χ0v) is 10.0. The third-order valence-corrected chi connectivity index (χ3v) is 3.05. The summed E-state index contributed by atoms with van der Waals surface area (Å²) in [7, 11) is 0. The van der Waals surface area contributed by atoms with Crippen LogP contribution < -0.4 is 5.73 Å². The largest absolute Gasteiger partial charge is 0.340 e. The Morgan fingerprint density at radius 3 is 2.59 bits per heavy atom. The molecule has 1 aliphatic heterocycles. The van der Waals surface area contributed by atoms with E-state index in [0.29, 0.717) is 5.82 Å². The molecule has 2 heterocycles. The smallest absolute Gasteiger partial charge is 0.219 e. The van der Waals surface area contributed by atoms with Crippen molar-refractivity contribution in [3.63, 3.8) is 0 Å². The quantitative estimate of drug-likeness (QED) is 0.754. The average molecular weight is 233 g/mol. The summed E-state index contributed by atoms with van der Waals surface area (Å²) in [6, 6.07) is 3.65. The van der Waals surface area contributed by atoms with Crippen molar-refractivity contribution in [2.24, 2.45) is 0 Å². The highest BCUT2D eigenvalue weighted by molar-refractivity contribution is 5.73. The SMILES string of the molecule is CC(=O)N1CCN(Cc2ccc([NH])nc2)CC1. The van der Waals surface area contributed by atoms with Gasteiger partial charge in [-0.1, -0.05) is 6.07 Å². The number of hydrogen-bond acceptors (Lipinski definition) is 3. The van der Waals surface area contributed by atoms with Crippen LogP contribution in [-0.2, 0) is 11.3 Å². The minimum absolute atomic E-state index is 0.157. The Bertz CT molecular complexity index is 382. The fraction of sp³-hybridized carbons (Fsp3) is 0.500. The van der Waals surface area contributed by atoms with Gasteiger partial charge >= 0.3 is 0 Å². The van der Waals surface area contributed by atoms with Crippen molar-refractivity contribution >= 4 is 11.7 Å². The Labute approximate surface area is 101 Å². The van der Waals surface area contributed by atoms with Crippen molar-refractivity contribution in [2.45, 2.75) is 13.5 Å². The summed E-state index contributed by atoms with van der Waals surface area (Å²) in [5.74, 6) is 0.458. The molecule has 1 aromatic rings. The fourth-order valence-electron chi connectivity index (χ4n) is 2.00. The molecule has 1 amide bonds. The van der Waals surface area contributed by atoms with E-state index in [0.717, 1.165) is 38.3 Å². The Balaban J connectivity index is 1.85. The maximum Gasteiger partial charge on any atom is 0.219 e. The van der Waals surface area contributed by atoms with Gasteiger partial charge in [-0.05, 0) is 11.6 Å². The number of nitrogens with one attached hydrogen (secondary N) is 1. The molecule has 0 bridgehead atoms. The van der Waals surface area contributed by atoms with Crippen LogP contribution in [0.2, 0.25) is 0 Å². The van der Waals surface area contributed by atoms with Crippen molar-refractivity contribution in [2.75, 3.05) is 26.2 Å². The lowest BCUT2D eigenvalue weighted by molar-refractivity contribution is -0.130. The molecule has 0 unspecified atom stereocenters. The molecule has 1 fully saturated rings. The normalized spacial score (nSPS) is 17.1. The summed E-state index contributed by atoms with van der Waals surface area (Å²) in [5, 5.41) is 0. The Morgan fingerprint density at radius 2 is 2.06 bits per heavy atom.